The number of fused-ring (bicyclic) bond motifs is 1. The maximum atomic E-state index is 12.2. The van der Waals surface area contributed by atoms with E-state index in [0.29, 0.717) is 12.2 Å². The first kappa shape index (κ1) is 22.1. The van der Waals surface area contributed by atoms with Crippen LogP contribution < -0.4 is 20.5 Å². The third-order valence-corrected chi connectivity index (χ3v) is 4.01. The van der Waals surface area contributed by atoms with Crippen LogP contribution >= 0.6 is 24.0 Å². The van der Waals surface area contributed by atoms with E-state index in [1.54, 1.807) is 12.1 Å². The van der Waals surface area contributed by atoms with Gasteiger partial charge in [0.05, 0.1) is 19.2 Å². The average Bonchev–Trinajstić information content (AvgIpc) is 2.65. The van der Waals surface area contributed by atoms with Crippen LogP contribution in [0.2, 0.25) is 0 Å². The Balaban J connectivity index is 0.00000280. The minimum atomic E-state index is -4.37. The summed E-state index contributed by atoms with van der Waals surface area (Å²) in [4.78, 5) is 4.28. The van der Waals surface area contributed by atoms with E-state index >= 15 is 0 Å². The number of alkyl halides is 3. The van der Waals surface area contributed by atoms with Gasteiger partial charge in [-0.2, -0.15) is 13.2 Å². The van der Waals surface area contributed by atoms with Gasteiger partial charge in [0, 0.05) is 12.0 Å². The Bertz CT molecular complexity index is 815. The second-order valence-corrected chi connectivity index (χ2v) is 6.12. The molecule has 1 aliphatic rings. The Morgan fingerprint density at radius 2 is 2.00 bits per heavy atom. The lowest BCUT2D eigenvalue weighted by molar-refractivity contribution is -0.153. The average molecular weight is 507 g/mol. The summed E-state index contributed by atoms with van der Waals surface area (Å²) in [6.07, 6.45) is -3.61. The molecule has 1 atom stereocenters. The van der Waals surface area contributed by atoms with Crippen LogP contribution in [0.15, 0.2) is 53.5 Å². The minimum absolute atomic E-state index is 0. The van der Waals surface area contributed by atoms with Crippen LogP contribution in [0, 0.1) is 0 Å². The van der Waals surface area contributed by atoms with Crippen molar-refractivity contribution in [3.8, 4) is 11.5 Å². The van der Waals surface area contributed by atoms with Crippen molar-refractivity contribution >= 4 is 29.9 Å². The molecule has 9 heteroatoms. The SMILES string of the molecule is I.NC(=NCc1cccc(OCC(F)(F)F)c1)NC1CCOc2ccccc21. The minimum Gasteiger partial charge on any atom is -0.493 e. The molecule has 0 saturated heterocycles. The van der Waals surface area contributed by atoms with Crippen molar-refractivity contribution in [1.82, 2.24) is 5.32 Å². The molecule has 0 fully saturated rings. The molecule has 5 nitrogen and oxygen atoms in total. The molecule has 3 N–H and O–H groups in total. The van der Waals surface area contributed by atoms with E-state index in [-0.39, 0.29) is 48.3 Å². The maximum absolute atomic E-state index is 12.2. The molecule has 1 unspecified atom stereocenters. The number of para-hydroxylation sites is 1. The Morgan fingerprint density at radius 1 is 1.21 bits per heavy atom. The summed E-state index contributed by atoms with van der Waals surface area (Å²) < 4.78 is 47.1. The summed E-state index contributed by atoms with van der Waals surface area (Å²) in [6, 6.07) is 14.1. The molecule has 0 radical (unpaired) electrons. The number of halogens is 4. The van der Waals surface area contributed by atoms with E-state index in [0.717, 1.165) is 17.7 Å². The summed E-state index contributed by atoms with van der Waals surface area (Å²) in [7, 11) is 0. The van der Waals surface area contributed by atoms with Gasteiger partial charge in [0.15, 0.2) is 12.6 Å². The van der Waals surface area contributed by atoms with Crippen molar-refractivity contribution in [2.45, 2.75) is 25.2 Å². The Labute approximate surface area is 178 Å². The third kappa shape index (κ3) is 6.47. The van der Waals surface area contributed by atoms with Crippen molar-refractivity contribution in [3.05, 3.63) is 59.7 Å². The summed E-state index contributed by atoms with van der Waals surface area (Å²) >= 11 is 0. The highest BCUT2D eigenvalue weighted by Gasteiger charge is 2.28. The van der Waals surface area contributed by atoms with Gasteiger partial charge in [-0.15, -0.1) is 24.0 Å². The highest BCUT2D eigenvalue weighted by molar-refractivity contribution is 14.0. The Morgan fingerprint density at radius 3 is 2.79 bits per heavy atom. The zero-order valence-electron chi connectivity index (χ0n) is 14.9. The molecule has 28 heavy (non-hydrogen) atoms. The van der Waals surface area contributed by atoms with Crippen molar-refractivity contribution < 1.29 is 22.6 Å². The van der Waals surface area contributed by atoms with Gasteiger partial charge in [-0.3, -0.25) is 0 Å². The van der Waals surface area contributed by atoms with Gasteiger partial charge < -0.3 is 20.5 Å². The van der Waals surface area contributed by atoms with E-state index in [4.69, 9.17) is 15.2 Å². The lowest BCUT2D eigenvalue weighted by Crippen LogP contribution is -2.37. The van der Waals surface area contributed by atoms with Gasteiger partial charge in [0.2, 0.25) is 0 Å². The number of guanidine groups is 1. The van der Waals surface area contributed by atoms with Gasteiger partial charge in [-0.25, -0.2) is 4.99 Å². The number of rotatable bonds is 5. The lowest BCUT2D eigenvalue weighted by atomic mass is 10.0. The highest BCUT2D eigenvalue weighted by Crippen LogP contribution is 2.31. The van der Waals surface area contributed by atoms with E-state index in [2.05, 4.69) is 10.3 Å². The summed E-state index contributed by atoms with van der Waals surface area (Å²) in [5.74, 6) is 1.23. The lowest BCUT2D eigenvalue weighted by Gasteiger charge is -2.26. The molecular formula is C19H21F3IN3O2. The number of nitrogens with one attached hydrogen (secondary N) is 1. The van der Waals surface area contributed by atoms with Crippen LogP contribution in [0.5, 0.6) is 11.5 Å². The molecule has 2 aromatic carbocycles. The third-order valence-electron chi connectivity index (χ3n) is 4.01. The predicted octanol–water partition coefficient (Wildman–Crippen LogP) is 4.17. The number of benzene rings is 2. The molecule has 1 aliphatic heterocycles. The van der Waals surface area contributed by atoms with Crippen LogP contribution in [-0.2, 0) is 6.54 Å². The quantitative estimate of drug-likeness (QED) is 0.362. The molecule has 0 aliphatic carbocycles. The van der Waals surface area contributed by atoms with Crippen LogP contribution in [0.1, 0.15) is 23.6 Å². The molecular weight excluding hydrogens is 486 g/mol. The first-order valence-electron chi connectivity index (χ1n) is 8.47. The normalized spacial score (nSPS) is 16.4. The summed E-state index contributed by atoms with van der Waals surface area (Å²) in [5.41, 5.74) is 7.70. The topological polar surface area (TPSA) is 68.9 Å². The second kappa shape index (κ2) is 9.85. The van der Waals surface area contributed by atoms with E-state index in [1.165, 1.54) is 12.1 Å². The number of aliphatic imine (C=N–C) groups is 1. The predicted molar refractivity (Wildman–Crippen MR) is 111 cm³/mol. The zero-order valence-corrected chi connectivity index (χ0v) is 17.2. The summed E-state index contributed by atoms with van der Waals surface area (Å²) in [5, 5.41) is 3.17. The smallest absolute Gasteiger partial charge is 0.422 e. The van der Waals surface area contributed by atoms with Gasteiger partial charge in [0.25, 0.3) is 0 Å². The molecule has 1 heterocycles. The molecule has 0 spiro atoms. The van der Waals surface area contributed by atoms with Gasteiger partial charge >= 0.3 is 6.18 Å². The number of nitrogens with two attached hydrogens (primary N) is 1. The molecule has 0 saturated carbocycles. The van der Waals surface area contributed by atoms with E-state index in [1.807, 2.05) is 24.3 Å². The number of nitrogens with zero attached hydrogens (tertiary/aromatic N) is 1. The molecule has 3 rings (SSSR count). The van der Waals surface area contributed by atoms with Crippen molar-refractivity contribution in [1.29, 1.82) is 0 Å². The first-order chi connectivity index (χ1) is 12.9. The van der Waals surface area contributed by atoms with Gasteiger partial charge in [-0.1, -0.05) is 30.3 Å². The molecule has 0 amide bonds. The first-order valence-corrected chi connectivity index (χ1v) is 8.47. The number of ether oxygens (including phenoxy) is 2. The largest absolute Gasteiger partial charge is 0.493 e. The van der Waals surface area contributed by atoms with E-state index in [9.17, 15) is 13.2 Å². The van der Waals surface area contributed by atoms with Crippen LogP contribution in [-0.4, -0.2) is 25.3 Å². The van der Waals surface area contributed by atoms with Crippen LogP contribution in [0.25, 0.3) is 0 Å². The number of hydrogen-bond donors (Lipinski definition) is 2. The van der Waals surface area contributed by atoms with Crippen molar-refractivity contribution in [2.24, 2.45) is 10.7 Å². The van der Waals surface area contributed by atoms with Crippen molar-refractivity contribution in [2.75, 3.05) is 13.2 Å². The fraction of sp³-hybridized carbons (Fsp3) is 0.316. The zero-order chi connectivity index (χ0) is 19.3. The fourth-order valence-electron chi connectivity index (χ4n) is 2.79. The van der Waals surface area contributed by atoms with Crippen molar-refractivity contribution in [3.63, 3.8) is 0 Å². The fourth-order valence-corrected chi connectivity index (χ4v) is 2.79. The standard InChI is InChI=1S/C19H20F3N3O2.HI/c20-19(21,22)12-27-14-5-3-4-13(10-14)11-24-18(23)25-16-8-9-26-17-7-2-1-6-15(16)17;/h1-7,10,16H,8-9,11-12H2,(H3,23,24,25);1H. The molecule has 2 aromatic rings. The molecule has 0 bridgehead atoms. The van der Waals surface area contributed by atoms with Crippen LogP contribution in [0.4, 0.5) is 13.2 Å². The van der Waals surface area contributed by atoms with Gasteiger partial charge in [0.1, 0.15) is 11.5 Å². The maximum Gasteiger partial charge on any atom is 0.422 e. The second-order valence-electron chi connectivity index (χ2n) is 6.12. The van der Waals surface area contributed by atoms with E-state index < -0.39 is 12.8 Å². The van der Waals surface area contributed by atoms with Crippen LogP contribution in [0.3, 0.4) is 0 Å². The summed E-state index contributed by atoms with van der Waals surface area (Å²) in [6.45, 7) is -0.514. The Kier molecular flexibility index (Phi) is 7.78. The highest BCUT2D eigenvalue weighted by atomic mass is 127. The van der Waals surface area contributed by atoms with Gasteiger partial charge in [-0.05, 0) is 23.8 Å². The molecule has 152 valence electrons. The Hall–Kier alpha value is -2.17. The molecule has 0 aromatic heterocycles. The number of hydrogen-bond acceptors (Lipinski definition) is 3. The monoisotopic (exact) mass is 507 g/mol.